The van der Waals surface area contributed by atoms with Crippen LogP contribution in [0.1, 0.15) is 46.5 Å². The van der Waals surface area contributed by atoms with Gasteiger partial charge in [-0.1, -0.05) is 69.3 Å². The number of hydrogen-bond donors (Lipinski definition) is 2. The maximum atomic E-state index is 13.2. The van der Waals surface area contributed by atoms with Gasteiger partial charge >= 0.3 is 6.03 Å². The van der Waals surface area contributed by atoms with Gasteiger partial charge in [0.25, 0.3) is 5.91 Å². The van der Waals surface area contributed by atoms with Crippen molar-refractivity contribution in [2.45, 2.75) is 52.0 Å². The molecule has 1 heterocycles. The average molecular weight is 434 g/mol. The van der Waals surface area contributed by atoms with Gasteiger partial charge in [-0.3, -0.25) is 14.5 Å². The molecule has 2 aromatic carbocycles. The molecular weight excluding hydrogens is 402 g/mol. The largest absolute Gasteiger partial charge is 0.325 e. The maximum Gasteiger partial charge on any atom is 0.325 e. The van der Waals surface area contributed by atoms with Crippen LogP contribution in [-0.4, -0.2) is 34.8 Å². The predicted octanol–water partition coefficient (Wildman–Crippen LogP) is 4.82. The number of nitrogens with one attached hydrogen (secondary N) is 2. The van der Waals surface area contributed by atoms with Crippen LogP contribution < -0.4 is 10.6 Å². The van der Waals surface area contributed by atoms with Crippen LogP contribution in [0.25, 0.3) is 11.1 Å². The van der Waals surface area contributed by atoms with Crippen LogP contribution in [0, 0.1) is 11.3 Å². The van der Waals surface area contributed by atoms with Crippen LogP contribution in [0.3, 0.4) is 0 Å². The summed E-state index contributed by atoms with van der Waals surface area (Å²) < 4.78 is 0. The molecule has 1 saturated carbocycles. The summed E-state index contributed by atoms with van der Waals surface area (Å²) in [5.74, 6) is -0.150. The van der Waals surface area contributed by atoms with E-state index in [0.717, 1.165) is 28.9 Å². The number of hydrogen-bond acceptors (Lipinski definition) is 3. The minimum absolute atomic E-state index is 0.180. The monoisotopic (exact) mass is 433 g/mol. The van der Waals surface area contributed by atoms with E-state index in [4.69, 9.17) is 0 Å². The van der Waals surface area contributed by atoms with Gasteiger partial charge in [-0.2, -0.15) is 0 Å². The fourth-order valence-electron chi connectivity index (χ4n) is 4.93. The van der Waals surface area contributed by atoms with Gasteiger partial charge < -0.3 is 10.6 Å². The number of urea groups is 1. The lowest BCUT2D eigenvalue weighted by Gasteiger charge is -2.40. The van der Waals surface area contributed by atoms with Crippen LogP contribution in [0.2, 0.25) is 0 Å². The quantitative estimate of drug-likeness (QED) is 0.679. The second-order valence-corrected chi connectivity index (χ2v) is 10.0. The molecule has 6 nitrogen and oxygen atoms in total. The lowest BCUT2D eigenvalue weighted by Crippen LogP contribution is -2.51. The number of nitrogens with zero attached hydrogens (tertiary/aromatic N) is 1. The number of amides is 4. The van der Waals surface area contributed by atoms with Crippen molar-refractivity contribution >= 4 is 23.5 Å². The van der Waals surface area contributed by atoms with E-state index in [-0.39, 0.29) is 17.9 Å². The summed E-state index contributed by atoms with van der Waals surface area (Å²) in [6, 6.07) is 16.8. The first-order chi connectivity index (χ1) is 15.2. The third-order valence-corrected chi connectivity index (χ3v) is 6.90. The first-order valence-electron chi connectivity index (χ1n) is 11.3. The Kier molecular flexibility index (Phi) is 5.80. The van der Waals surface area contributed by atoms with Crippen molar-refractivity contribution in [2.24, 2.45) is 11.3 Å². The number of anilines is 1. The summed E-state index contributed by atoms with van der Waals surface area (Å²) in [7, 11) is 0. The lowest BCUT2D eigenvalue weighted by atomic mass is 9.67. The van der Waals surface area contributed by atoms with Crippen LogP contribution >= 0.6 is 0 Å². The summed E-state index contributed by atoms with van der Waals surface area (Å²) in [5.41, 5.74) is 1.83. The fourth-order valence-corrected chi connectivity index (χ4v) is 4.93. The van der Waals surface area contributed by atoms with E-state index in [2.05, 4.69) is 31.4 Å². The fraction of sp³-hybridized carbons (Fsp3) is 0.423. The zero-order valence-electron chi connectivity index (χ0n) is 19.0. The van der Waals surface area contributed by atoms with Gasteiger partial charge in [0.2, 0.25) is 5.91 Å². The lowest BCUT2D eigenvalue weighted by molar-refractivity contribution is -0.135. The molecule has 2 aliphatic rings. The van der Waals surface area contributed by atoms with Crippen molar-refractivity contribution in [1.82, 2.24) is 10.2 Å². The van der Waals surface area contributed by atoms with Crippen LogP contribution in [0.15, 0.2) is 54.6 Å². The average Bonchev–Trinajstić information content (AvgIpc) is 2.98. The Morgan fingerprint density at radius 1 is 1.03 bits per heavy atom. The maximum absolute atomic E-state index is 13.2. The molecule has 0 radical (unpaired) electrons. The Labute approximate surface area is 189 Å². The number of carbonyl (C=O) groups is 3. The topological polar surface area (TPSA) is 78.5 Å². The molecule has 1 spiro atoms. The Bertz CT molecular complexity index is 1020. The summed E-state index contributed by atoms with van der Waals surface area (Å²) in [6.07, 6.45) is 3.02. The number of carbonyl (C=O) groups excluding carboxylic acids is 3. The van der Waals surface area contributed by atoms with Crippen LogP contribution in [-0.2, 0) is 9.59 Å². The molecule has 0 bridgehead atoms. The molecule has 0 atom stereocenters. The van der Waals surface area contributed by atoms with E-state index in [0.29, 0.717) is 24.4 Å². The van der Waals surface area contributed by atoms with E-state index in [1.165, 1.54) is 0 Å². The Morgan fingerprint density at radius 2 is 1.66 bits per heavy atom. The minimum Gasteiger partial charge on any atom is -0.324 e. The zero-order chi connectivity index (χ0) is 22.9. The molecule has 1 aliphatic heterocycles. The van der Waals surface area contributed by atoms with Gasteiger partial charge in [-0.15, -0.1) is 0 Å². The molecule has 2 fully saturated rings. The minimum atomic E-state index is -0.860. The molecule has 168 valence electrons. The van der Waals surface area contributed by atoms with Crippen molar-refractivity contribution in [3.63, 3.8) is 0 Å². The van der Waals surface area contributed by atoms with Crippen molar-refractivity contribution < 1.29 is 14.4 Å². The van der Waals surface area contributed by atoms with Gasteiger partial charge in [0.05, 0.1) is 0 Å². The second-order valence-electron chi connectivity index (χ2n) is 10.0. The van der Waals surface area contributed by atoms with Crippen LogP contribution in [0.4, 0.5) is 10.5 Å². The second kappa shape index (κ2) is 8.41. The molecule has 0 unspecified atom stereocenters. The third-order valence-electron chi connectivity index (χ3n) is 6.90. The van der Waals surface area contributed by atoms with E-state index in [9.17, 15) is 14.4 Å². The highest BCUT2D eigenvalue weighted by Crippen LogP contribution is 2.43. The van der Waals surface area contributed by atoms with Gasteiger partial charge in [0.15, 0.2) is 0 Å². The molecule has 2 aromatic rings. The smallest absolute Gasteiger partial charge is 0.324 e. The van der Waals surface area contributed by atoms with Crippen molar-refractivity contribution in [1.29, 1.82) is 0 Å². The number of rotatable bonds is 4. The number of para-hydroxylation sites is 1. The molecule has 6 heteroatoms. The summed E-state index contributed by atoms with van der Waals surface area (Å²) in [5, 5.41) is 5.79. The van der Waals surface area contributed by atoms with Gasteiger partial charge in [0.1, 0.15) is 12.1 Å². The SMILES string of the molecule is CC(C)(C)C1CCC2(CC1)NC(=O)N(CC(=O)Nc1ccccc1-c1ccccc1)C2=O. The van der Waals surface area contributed by atoms with E-state index in [1.807, 2.05) is 54.6 Å². The molecule has 1 saturated heterocycles. The standard InChI is InChI=1S/C26H31N3O3/c1-25(2,3)19-13-15-26(16-14-19)23(31)29(24(32)28-26)17-22(30)27-21-12-8-7-11-20(21)18-9-5-4-6-10-18/h4-12,19H,13-17H2,1-3H3,(H,27,30)(H,28,32). The van der Waals surface area contributed by atoms with Crippen LogP contribution in [0.5, 0.6) is 0 Å². The Morgan fingerprint density at radius 3 is 2.31 bits per heavy atom. The highest BCUT2D eigenvalue weighted by atomic mass is 16.2. The van der Waals surface area contributed by atoms with Crippen molar-refractivity contribution in [3.05, 3.63) is 54.6 Å². The summed E-state index contributed by atoms with van der Waals surface area (Å²) in [6.45, 7) is 6.36. The third kappa shape index (κ3) is 4.27. The molecule has 2 N–H and O–H groups in total. The van der Waals surface area contributed by atoms with Gasteiger partial charge in [0, 0.05) is 11.3 Å². The van der Waals surface area contributed by atoms with E-state index >= 15 is 0 Å². The number of imide groups is 1. The Hall–Kier alpha value is -3.15. The highest BCUT2D eigenvalue weighted by Gasteiger charge is 2.53. The zero-order valence-corrected chi connectivity index (χ0v) is 19.0. The van der Waals surface area contributed by atoms with Crippen molar-refractivity contribution in [3.8, 4) is 11.1 Å². The molecular formula is C26H31N3O3. The molecule has 4 amide bonds. The Balaban J connectivity index is 1.44. The molecule has 0 aromatic heterocycles. The first kappa shape index (κ1) is 22.1. The normalized spacial score (nSPS) is 23.3. The van der Waals surface area contributed by atoms with E-state index in [1.54, 1.807) is 0 Å². The first-order valence-corrected chi connectivity index (χ1v) is 11.3. The highest BCUT2D eigenvalue weighted by molar-refractivity contribution is 6.10. The molecule has 4 rings (SSSR count). The van der Waals surface area contributed by atoms with Crippen molar-refractivity contribution in [2.75, 3.05) is 11.9 Å². The van der Waals surface area contributed by atoms with Gasteiger partial charge in [-0.05, 0) is 48.6 Å². The van der Waals surface area contributed by atoms with Gasteiger partial charge in [-0.25, -0.2) is 4.79 Å². The predicted molar refractivity (Wildman–Crippen MR) is 125 cm³/mol. The molecule has 32 heavy (non-hydrogen) atoms. The molecule has 1 aliphatic carbocycles. The summed E-state index contributed by atoms with van der Waals surface area (Å²) >= 11 is 0. The summed E-state index contributed by atoms with van der Waals surface area (Å²) in [4.78, 5) is 39.7. The number of benzene rings is 2. The van der Waals surface area contributed by atoms with E-state index < -0.39 is 17.5 Å².